The Morgan fingerprint density at radius 1 is 1.11 bits per heavy atom. The van der Waals surface area contributed by atoms with Crippen molar-refractivity contribution in [2.45, 2.75) is 36.2 Å². The number of rotatable bonds is 5. The molecule has 0 radical (unpaired) electrons. The lowest BCUT2D eigenvalue weighted by Crippen LogP contribution is -2.34. The number of thioether (sulfide) groups is 2. The first-order valence-corrected chi connectivity index (χ1v) is 12.2. The van der Waals surface area contributed by atoms with Gasteiger partial charge in [-0.25, -0.2) is 0 Å². The SMILES string of the molecule is COc1cccc2c1CCC(C(Cc1ccccc1)C1SCCCS1)C2C#N. The number of nitriles is 1. The van der Waals surface area contributed by atoms with Gasteiger partial charge in [-0.15, -0.1) is 23.5 Å². The van der Waals surface area contributed by atoms with Crippen LogP contribution in [-0.4, -0.2) is 23.2 Å². The Morgan fingerprint density at radius 2 is 1.89 bits per heavy atom. The van der Waals surface area contributed by atoms with E-state index in [0.29, 0.717) is 16.4 Å². The van der Waals surface area contributed by atoms with Gasteiger partial charge < -0.3 is 4.74 Å². The van der Waals surface area contributed by atoms with E-state index >= 15 is 0 Å². The molecule has 3 atom stereocenters. The van der Waals surface area contributed by atoms with Crippen LogP contribution < -0.4 is 4.74 Å². The molecule has 2 aliphatic rings. The summed E-state index contributed by atoms with van der Waals surface area (Å²) in [6.45, 7) is 0. The van der Waals surface area contributed by atoms with Gasteiger partial charge in [0.05, 0.1) is 23.7 Å². The Hall–Kier alpha value is -1.57. The van der Waals surface area contributed by atoms with E-state index in [1.54, 1.807) is 7.11 Å². The molecule has 0 bridgehead atoms. The highest BCUT2D eigenvalue weighted by atomic mass is 32.2. The van der Waals surface area contributed by atoms with Gasteiger partial charge in [-0.3, -0.25) is 0 Å². The maximum atomic E-state index is 10.2. The molecule has 0 saturated carbocycles. The van der Waals surface area contributed by atoms with Crippen molar-refractivity contribution >= 4 is 23.5 Å². The number of hydrogen-bond donors (Lipinski definition) is 0. The first-order chi connectivity index (χ1) is 13.8. The molecule has 2 aromatic carbocycles. The van der Waals surface area contributed by atoms with Crippen molar-refractivity contribution in [2.75, 3.05) is 18.6 Å². The molecule has 0 spiro atoms. The number of nitrogens with zero attached hydrogens (tertiary/aromatic N) is 1. The normalized spacial score (nSPS) is 23.4. The van der Waals surface area contributed by atoms with E-state index in [-0.39, 0.29) is 5.92 Å². The van der Waals surface area contributed by atoms with Crippen molar-refractivity contribution in [1.82, 2.24) is 0 Å². The van der Waals surface area contributed by atoms with E-state index in [0.717, 1.165) is 25.0 Å². The molecule has 146 valence electrons. The summed E-state index contributed by atoms with van der Waals surface area (Å²) in [5.41, 5.74) is 3.84. The third kappa shape index (κ3) is 4.07. The third-order valence-electron chi connectivity index (χ3n) is 6.09. The first kappa shape index (κ1) is 19.7. The molecule has 4 heteroatoms. The molecule has 2 aromatic rings. The van der Waals surface area contributed by atoms with Gasteiger partial charge in [-0.2, -0.15) is 5.26 Å². The van der Waals surface area contributed by atoms with Gasteiger partial charge in [-0.1, -0.05) is 42.5 Å². The van der Waals surface area contributed by atoms with Crippen LogP contribution in [0.25, 0.3) is 0 Å². The molecule has 28 heavy (non-hydrogen) atoms. The lowest BCUT2D eigenvalue weighted by molar-refractivity contribution is 0.288. The van der Waals surface area contributed by atoms with Crippen LogP contribution in [0.5, 0.6) is 5.75 Å². The second-order valence-electron chi connectivity index (χ2n) is 7.65. The van der Waals surface area contributed by atoms with Gasteiger partial charge in [0.15, 0.2) is 0 Å². The zero-order chi connectivity index (χ0) is 19.3. The molecule has 0 aromatic heterocycles. The molecule has 1 aliphatic carbocycles. The van der Waals surface area contributed by atoms with Gasteiger partial charge >= 0.3 is 0 Å². The Kier molecular flexibility index (Phi) is 6.54. The summed E-state index contributed by atoms with van der Waals surface area (Å²) in [5, 5.41) is 10.2. The number of benzene rings is 2. The summed E-state index contributed by atoms with van der Waals surface area (Å²) >= 11 is 4.23. The topological polar surface area (TPSA) is 33.0 Å². The molecule has 0 N–H and O–H groups in total. The Balaban J connectivity index is 1.67. The Morgan fingerprint density at radius 3 is 2.61 bits per heavy atom. The van der Waals surface area contributed by atoms with Gasteiger partial charge in [-0.05, 0) is 71.8 Å². The van der Waals surface area contributed by atoms with E-state index in [9.17, 15) is 5.26 Å². The number of methoxy groups -OCH3 is 1. The predicted molar refractivity (Wildman–Crippen MR) is 120 cm³/mol. The van der Waals surface area contributed by atoms with Crippen molar-refractivity contribution in [2.24, 2.45) is 11.8 Å². The van der Waals surface area contributed by atoms with Gasteiger partial charge in [0.2, 0.25) is 0 Å². The zero-order valence-corrected chi connectivity index (χ0v) is 18.0. The highest BCUT2D eigenvalue weighted by molar-refractivity contribution is 8.17. The van der Waals surface area contributed by atoms with Crippen molar-refractivity contribution in [3.8, 4) is 11.8 Å². The molecule has 1 aliphatic heterocycles. The lowest BCUT2D eigenvalue weighted by Gasteiger charge is -2.40. The summed E-state index contributed by atoms with van der Waals surface area (Å²) in [5.74, 6) is 4.30. The highest BCUT2D eigenvalue weighted by Crippen LogP contribution is 2.49. The minimum atomic E-state index is -0.0457. The monoisotopic (exact) mass is 409 g/mol. The second-order valence-corrected chi connectivity index (χ2v) is 10.5. The molecule has 4 rings (SSSR count). The van der Waals surface area contributed by atoms with Crippen LogP contribution in [0.15, 0.2) is 48.5 Å². The lowest BCUT2D eigenvalue weighted by atomic mass is 9.69. The molecular weight excluding hydrogens is 382 g/mol. The van der Waals surface area contributed by atoms with E-state index in [1.807, 2.05) is 12.1 Å². The Labute approximate surface area is 177 Å². The second kappa shape index (κ2) is 9.29. The Bertz CT molecular complexity index is 826. The maximum absolute atomic E-state index is 10.2. The van der Waals surface area contributed by atoms with Crippen LogP contribution in [0.1, 0.15) is 35.4 Å². The zero-order valence-electron chi connectivity index (χ0n) is 16.3. The minimum Gasteiger partial charge on any atom is -0.496 e. The summed E-state index contributed by atoms with van der Waals surface area (Å²) < 4.78 is 6.18. The fraction of sp³-hybridized carbons (Fsp3) is 0.458. The van der Waals surface area contributed by atoms with E-state index < -0.39 is 0 Å². The average molecular weight is 410 g/mol. The fourth-order valence-corrected chi connectivity index (χ4v) is 8.08. The van der Waals surface area contributed by atoms with Crippen LogP contribution in [0, 0.1) is 23.2 Å². The molecule has 1 heterocycles. The molecule has 1 saturated heterocycles. The van der Waals surface area contributed by atoms with Crippen LogP contribution in [-0.2, 0) is 12.8 Å². The number of hydrogen-bond acceptors (Lipinski definition) is 4. The fourth-order valence-electron chi connectivity index (χ4n) is 4.76. The van der Waals surface area contributed by atoms with Crippen molar-refractivity contribution in [3.05, 3.63) is 65.2 Å². The molecule has 0 amide bonds. The number of ether oxygens (including phenoxy) is 1. The van der Waals surface area contributed by atoms with Crippen LogP contribution in [0.2, 0.25) is 0 Å². The van der Waals surface area contributed by atoms with Gasteiger partial charge in [0.25, 0.3) is 0 Å². The predicted octanol–water partition coefficient (Wildman–Crippen LogP) is 5.92. The molecule has 2 nitrogen and oxygen atoms in total. The summed E-state index contributed by atoms with van der Waals surface area (Å²) in [7, 11) is 1.73. The number of fused-ring (bicyclic) bond motifs is 1. The molecule has 3 unspecified atom stereocenters. The summed E-state index contributed by atoms with van der Waals surface area (Å²) in [6, 6.07) is 19.8. The maximum Gasteiger partial charge on any atom is 0.122 e. The highest BCUT2D eigenvalue weighted by Gasteiger charge is 2.40. The van der Waals surface area contributed by atoms with E-state index in [1.165, 1.54) is 34.6 Å². The van der Waals surface area contributed by atoms with Crippen molar-refractivity contribution < 1.29 is 4.74 Å². The first-order valence-electron chi connectivity index (χ1n) is 10.1. The van der Waals surface area contributed by atoms with Crippen LogP contribution in [0.3, 0.4) is 0 Å². The minimum absolute atomic E-state index is 0.0457. The summed E-state index contributed by atoms with van der Waals surface area (Å²) in [6.07, 6.45) is 4.44. The van der Waals surface area contributed by atoms with E-state index in [4.69, 9.17) is 4.74 Å². The van der Waals surface area contributed by atoms with Crippen molar-refractivity contribution in [1.29, 1.82) is 5.26 Å². The average Bonchev–Trinajstić information content (AvgIpc) is 2.77. The van der Waals surface area contributed by atoms with Crippen LogP contribution >= 0.6 is 23.5 Å². The smallest absolute Gasteiger partial charge is 0.122 e. The largest absolute Gasteiger partial charge is 0.496 e. The van der Waals surface area contributed by atoms with Crippen LogP contribution in [0.4, 0.5) is 0 Å². The molecule has 1 fully saturated rings. The standard InChI is InChI=1S/C24H27NOS2/c1-26-23-10-5-9-18-20(23)12-11-19(22(18)16-25)21(24-27-13-6-14-28-24)15-17-7-3-2-4-8-17/h2-5,7-10,19,21-22,24H,6,11-15H2,1H3. The third-order valence-corrected chi connectivity index (χ3v) is 9.31. The quantitative estimate of drug-likeness (QED) is 0.614. The van der Waals surface area contributed by atoms with E-state index in [2.05, 4.69) is 66.0 Å². The van der Waals surface area contributed by atoms with Gasteiger partial charge in [0, 0.05) is 0 Å². The van der Waals surface area contributed by atoms with Gasteiger partial charge in [0.1, 0.15) is 5.75 Å². The molecular formula is C24H27NOS2. The van der Waals surface area contributed by atoms with Crippen molar-refractivity contribution in [3.63, 3.8) is 0 Å². The summed E-state index contributed by atoms with van der Waals surface area (Å²) in [4.78, 5) is 0.